The topological polar surface area (TPSA) is 78.7 Å². The number of nitrogens with two attached hydrogens (primary N) is 1. The van der Waals surface area contributed by atoms with Crippen LogP contribution in [0.2, 0.25) is 0 Å². The molecule has 2 rings (SSSR count). The Morgan fingerprint density at radius 3 is 2.88 bits per heavy atom. The van der Waals surface area contributed by atoms with Gasteiger partial charge in [0, 0.05) is 31.2 Å². The van der Waals surface area contributed by atoms with Crippen LogP contribution in [-0.2, 0) is 6.54 Å². The zero-order valence-electron chi connectivity index (χ0n) is 9.00. The van der Waals surface area contributed by atoms with E-state index >= 15 is 0 Å². The molecule has 6 nitrogen and oxygen atoms in total. The lowest BCUT2D eigenvalue weighted by Gasteiger charge is -2.05. The average Bonchev–Trinajstić information content (AvgIpc) is 2.68. The van der Waals surface area contributed by atoms with Crippen LogP contribution in [-0.4, -0.2) is 19.3 Å². The lowest BCUT2D eigenvalue weighted by molar-refractivity contribution is 0.637. The normalized spacial score (nSPS) is 10.6. The van der Waals surface area contributed by atoms with E-state index in [4.69, 9.17) is 5.73 Å². The maximum atomic E-state index is 12.0. The van der Waals surface area contributed by atoms with E-state index in [0.717, 1.165) is 6.42 Å². The Labute approximate surface area is 92.3 Å². The number of nitrogen functional groups attached to an aromatic ring is 1. The van der Waals surface area contributed by atoms with Gasteiger partial charge in [-0.3, -0.25) is 4.79 Å². The fourth-order valence-electron chi connectivity index (χ4n) is 1.47. The summed E-state index contributed by atoms with van der Waals surface area (Å²) in [7, 11) is 0. The number of aryl methyl sites for hydroxylation is 1. The third-order valence-electron chi connectivity index (χ3n) is 2.19. The Morgan fingerprint density at radius 2 is 2.25 bits per heavy atom. The number of hydrogen-bond donors (Lipinski definition) is 1. The molecule has 0 unspecified atom stereocenters. The molecule has 0 aliphatic heterocycles. The summed E-state index contributed by atoms with van der Waals surface area (Å²) in [5.74, 6) is 0.639. The summed E-state index contributed by atoms with van der Waals surface area (Å²) in [4.78, 5) is 16.0. The summed E-state index contributed by atoms with van der Waals surface area (Å²) in [5, 5.41) is 3.96. The quantitative estimate of drug-likeness (QED) is 0.811. The van der Waals surface area contributed by atoms with Crippen LogP contribution in [0.5, 0.6) is 0 Å². The summed E-state index contributed by atoms with van der Waals surface area (Å²) >= 11 is 0. The van der Waals surface area contributed by atoms with E-state index in [1.807, 2.05) is 6.92 Å². The Balaban J connectivity index is 2.50. The molecule has 0 amide bonds. The van der Waals surface area contributed by atoms with Gasteiger partial charge in [0.05, 0.1) is 0 Å². The molecule has 2 heterocycles. The van der Waals surface area contributed by atoms with Crippen molar-refractivity contribution in [3.05, 3.63) is 35.0 Å². The van der Waals surface area contributed by atoms with Crippen molar-refractivity contribution in [2.45, 2.75) is 19.9 Å². The van der Waals surface area contributed by atoms with E-state index in [2.05, 4.69) is 10.1 Å². The predicted octanol–water partition coefficient (Wildman–Crippen LogP) is 0.421. The standard InChI is InChI=1S/C10H13N5O/c1-2-5-14-7-4-12-9(10(14)16)15-6-3-8(11)13-15/h3-4,6-7H,2,5H2,1H3,(H2,11,13). The van der Waals surface area contributed by atoms with Gasteiger partial charge in [-0.1, -0.05) is 6.92 Å². The van der Waals surface area contributed by atoms with Crippen molar-refractivity contribution in [2.24, 2.45) is 0 Å². The first-order valence-corrected chi connectivity index (χ1v) is 5.09. The lowest BCUT2D eigenvalue weighted by Crippen LogP contribution is -2.25. The second kappa shape index (κ2) is 4.18. The van der Waals surface area contributed by atoms with Crippen LogP contribution < -0.4 is 11.3 Å². The summed E-state index contributed by atoms with van der Waals surface area (Å²) in [5.41, 5.74) is 5.33. The van der Waals surface area contributed by atoms with Crippen LogP contribution in [0.1, 0.15) is 13.3 Å². The molecule has 0 fully saturated rings. The SMILES string of the molecule is CCCn1ccnc(-n2ccc(N)n2)c1=O. The maximum Gasteiger partial charge on any atom is 0.295 e. The Hall–Kier alpha value is -2.11. The highest BCUT2D eigenvalue weighted by molar-refractivity contribution is 5.28. The average molecular weight is 219 g/mol. The molecule has 0 saturated heterocycles. The van der Waals surface area contributed by atoms with Gasteiger partial charge in [0.25, 0.3) is 5.56 Å². The van der Waals surface area contributed by atoms with Crippen molar-refractivity contribution < 1.29 is 0 Å². The molecule has 16 heavy (non-hydrogen) atoms. The van der Waals surface area contributed by atoms with Gasteiger partial charge in [-0.2, -0.15) is 0 Å². The van der Waals surface area contributed by atoms with Crippen LogP contribution in [0, 0.1) is 0 Å². The molecule has 6 heteroatoms. The van der Waals surface area contributed by atoms with E-state index in [-0.39, 0.29) is 11.4 Å². The molecular formula is C10H13N5O. The van der Waals surface area contributed by atoms with Gasteiger partial charge in [-0.15, -0.1) is 5.10 Å². The number of rotatable bonds is 3. The van der Waals surface area contributed by atoms with Crippen LogP contribution in [0.15, 0.2) is 29.5 Å². The minimum absolute atomic E-state index is 0.160. The monoisotopic (exact) mass is 219 g/mol. The molecule has 2 aromatic heterocycles. The van der Waals surface area contributed by atoms with E-state index < -0.39 is 0 Å². The van der Waals surface area contributed by atoms with Crippen molar-refractivity contribution in [3.63, 3.8) is 0 Å². The Kier molecular flexibility index (Phi) is 2.72. The second-order valence-corrected chi connectivity index (χ2v) is 3.43. The van der Waals surface area contributed by atoms with E-state index in [0.29, 0.717) is 12.4 Å². The second-order valence-electron chi connectivity index (χ2n) is 3.43. The number of hydrogen-bond acceptors (Lipinski definition) is 4. The fourth-order valence-corrected chi connectivity index (χ4v) is 1.47. The van der Waals surface area contributed by atoms with Gasteiger partial charge < -0.3 is 10.3 Å². The molecule has 2 aromatic rings. The molecule has 0 bridgehead atoms. The smallest absolute Gasteiger partial charge is 0.295 e. The summed E-state index contributed by atoms with van der Waals surface area (Å²) in [6.45, 7) is 2.68. The van der Waals surface area contributed by atoms with Gasteiger partial charge >= 0.3 is 0 Å². The zero-order chi connectivity index (χ0) is 11.5. The van der Waals surface area contributed by atoms with Crippen molar-refractivity contribution in [1.29, 1.82) is 0 Å². The highest BCUT2D eigenvalue weighted by Crippen LogP contribution is 2.00. The van der Waals surface area contributed by atoms with Gasteiger partial charge in [-0.05, 0) is 6.42 Å². The van der Waals surface area contributed by atoms with Gasteiger partial charge in [0.2, 0.25) is 5.82 Å². The van der Waals surface area contributed by atoms with Crippen molar-refractivity contribution >= 4 is 5.82 Å². The van der Waals surface area contributed by atoms with E-state index in [9.17, 15) is 4.79 Å². The number of aromatic nitrogens is 4. The first-order valence-electron chi connectivity index (χ1n) is 5.09. The number of anilines is 1. The molecule has 0 radical (unpaired) electrons. The first kappa shape index (κ1) is 10.4. The molecule has 0 spiro atoms. The molecule has 0 aromatic carbocycles. The lowest BCUT2D eigenvalue weighted by atomic mass is 10.4. The van der Waals surface area contributed by atoms with Crippen molar-refractivity contribution in [1.82, 2.24) is 19.3 Å². The molecule has 84 valence electrons. The van der Waals surface area contributed by atoms with E-state index in [1.54, 1.807) is 29.2 Å². The molecule has 0 aliphatic rings. The third kappa shape index (κ3) is 1.81. The Bertz CT molecular complexity index is 542. The van der Waals surface area contributed by atoms with Crippen LogP contribution >= 0.6 is 0 Å². The van der Waals surface area contributed by atoms with Crippen LogP contribution in [0.4, 0.5) is 5.82 Å². The van der Waals surface area contributed by atoms with Crippen molar-refractivity contribution in [3.8, 4) is 5.82 Å². The zero-order valence-corrected chi connectivity index (χ0v) is 9.00. The van der Waals surface area contributed by atoms with E-state index in [1.165, 1.54) is 4.68 Å². The minimum atomic E-state index is -0.160. The first-order chi connectivity index (χ1) is 7.72. The van der Waals surface area contributed by atoms with Crippen LogP contribution in [0.25, 0.3) is 5.82 Å². The van der Waals surface area contributed by atoms with Crippen LogP contribution in [0.3, 0.4) is 0 Å². The summed E-state index contributed by atoms with van der Waals surface area (Å²) < 4.78 is 3.00. The maximum absolute atomic E-state index is 12.0. The summed E-state index contributed by atoms with van der Waals surface area (Å²) in [6, 6.07) is 1.62. The van der Waals surface area contributed by atoms with Gasteiger partial charge in [0.15, 0.2) is 0 Å². The highest BCUT2D eigenvalue weighted by atomic mass is 16.1. The molecule has 0 aliphatic carbocycles. The predicted molar refractivity (Wildman–Crippen MR) is 60.3 cm³/mol. The molecule has 2 N–H and O–H groups in total. The van der Waals surface area contributed by atoms with Gasteiger partial charge in [0.1, 0.15) is 5.82 Å². The Morgan fingerprint density at radius 1 is 1.44 bits per heavy atom. The number of nitrogens with zero attached hydrogens (tertiary/aromatic N) is 4. The third-order valence-corrected chi connectivity index (χ3v) is 2.19. The molecule has 0 atom stereocenters. The largest absolute Gasteiger partial charge is 0.382 e. The highest BCUT2D eigenvalue weighted by Gasteiger charge is 2.07. The molecule has 0 saturated carbocycles. The van der Waals surface area contributed by atoms with Crippen molar-refractivity contribution in [2.75, 3.05) is 5.73 Å². The fraction of sp³-hybridized carbons (Fsp3) is 0.300. The summed E-state index contributed by atoms with van der Waals surface area (Å²) in [6.07, 6.45) is 5.77. The molecular weight excluding hydrogens is 206 g/mol. The minimum Gasteiger partial charge on any atom is -0.382 e. The van der Waals surface area contributed by atoms with Gasteiger partial charge in [-0.25, -0.2) is 9.67 Å².